The molecule has 134 valence electrons. The molecule has 3 aromatic rings. The summed E-state index contributed by atoms with van der Waals surface area (Å²) in [5, 5.41) is 8.33. The van der Waals surface area contributed by atoms with Gasteiger partial charge in [-0.15, -0.1) is 10.2 Å². The van der Waals surface area contributed by atoms with Crippen molar-refractivity contribution in [3.05, 3.63) is 71.9 Å². The minimum atomic E-state index is -0.730. The highest BCUT2D eigenvalue weighted by Crippen LogP contribution is 2.28. The Hall–Kier alpha value is -2.99. The maximum absolute atomic E-state index is 6.44. The summed E-state index contributed by atoms with van der Waals surface area (Å²) in [6.45, 7) is 5.97. The molecular formula is C20H23N5O. The van der Waals surface area contributed by atoms with Crippen LogP contribution >= 0.6 is 0 Å². The number of hydrogen-bond donors (Lipinski definition) is 1. The number of hydrogen-bond acceptors (Lipinski definition) is 6. The molecule has 0 saturated heterocycles. The number of nitrogens with zero attached hydrogens (tertiary/aromatic N) is 4. The van der Waals surface area contributed by atoms with Gasteiger partial charge in [-0.05, 0) is 37.8 Å². The minimum Gasteiger partial charge on any atom is -0.421 e. The van der Waals surface area contributed by atoms with Crippen LogP contribution in [-0.2, 0) is 18.5 Å². The van der Waals surface area contributed by atoms with Crippen molar-refractivity contribution in [1.29, 1.82) is 0 Å². The van der Waals surface area contributed by atoms with Gasteiger partial charge in [-0.2, -0.15) is 0 Å². The molecule has 0 amide bonds. The minimum absolute atomic E-state index is 0.430. The van der Waals surface area contributed by atoms with Crippen LogP contribution in [-0.4, -0.2) is 24.0 Å². The molecule has 0 fully saturated rings. The number of aliphatic imine (C=N–C) groups is 1. The molecule has 2 N–H and O–H groups in total. The number of benzene rings is 2. The van der Waals surface area contributed by atoms with Gasteiger partial charge in [-0.3, -0.25) is 4.99 Å². The van der Waals surface area contributed by atoms with E-state index in [-0.39, 0.29) is 0 Å². The number of nitrogens with two attached hydrogens (primary N) is 1. The molecule has 26 heavy (non-hydrogen) atoms. The van der Waals surface area contributed by atoms with Crippen molar-refractivity contribution in [2.45, 2.75) is 25.4 Å². The Morgan fingerprint density at radius 2 is 1.81 bits per heavy atom. The summed E-state index contributed by atoms with van der Waals surface area (Å²) in [7, 11) is 1.94. The van der Waals surface area contributed by atoms with Crippen molar-refractivity contribution in [2.24, 2.45) is 10.7 Å². The molecule has 1 aromatic heterocycles. The van der Waals surface area contributed by atoms with Crippen LogP contribution in [0.5, 0.6) is 0 Å². The smallest absolute Gasteiger partial charge is 0.236 e. The molecule has 0 unspecified atom stereocenters. The molecule has 6 nitrogen and oxygen atoms in total. The van der Waals surface area contributed by atoms with Crippen LogP contribution in [0.25, 0.3) is 0 Å². The highest BCUT2D eigenvalue weighted by molar-refractivity contribution is 5.68. The van der Waals surface area contributed by atoms with Crippen LogP contribution in [0.4, 0.5) is 11.4 Å². The first-order chi connectivity index (χ1) is 12.5. The Balaban J connectivity index is 1.74. The Morgan fingerprint density at radius 3 is 2.54 bits per heavy atom. The van der Waals surface area contributed by atoms with E-state index in [4.69, 9.17) is 10.2 Å². The molecule has 1 heterocycles. The van der Waals surface area contributed by atoms with Crippen molar-refractivity contribution >= 4 is 18.1 Å². The van der Waals surface area contributed by atoms with Gasteiger partial charge in [0.05, 0.1) is 23.5 Å². The average Bonchev–Trinajstić information content (AvgIpc) is 3.11. The van der Waals surface area contributed by atoms with Crippen molar-refractivity contribution in [1.82, 2.24) is 10.2 Å². The van der Waals surface area contributed by atoms with E-state index in [0.717, 1.165) is 16.9 Å². The van der Waals surface area contributed by atoms with E-state index >= 15 is 0 Å². The first kappa shape index (κ1) is 17.8. The Labute approximate surface area is 153 Å². The number of aromatic nitrogens is 2. The van der Waals surface area contributed by atoms with Crippen LogP contribution in [0.2, 0.25) is 0 Å². The van der Waals surface area contributed by atoms with Crippen molar-refractivity contribution < 1.29 is 4.42 Å². The zero-order valence-corrected chi connectivity index (χ0v) is 15.1. The third-order valence-corrected chi connectivity index (χ3v) is 4.21. The van der Waals surface area contributed by atoms with E-state index in [1.807, 2.05) is 73.5 Å². The summed E-state index contributed by atoms with van der Waals surface area (Å²) in [5.74, 6) is 0.936. The third kappa shape index (κ3) is 3.97. The second-order valence-electron chi connectivity index (χ2n) is 6.58. The van der Waals surface area contributed by atoms with Gasteiger partial charge in [0, 0.05) is 7.05 Å². The normalized spacial score (nSPS) is 13.2. The van der Waals surface area contributed by atoms with E-state index < -0.39 is 5.54 Å². The molecule has 0 radical (unpaired) electrons. The maximum atomic E-state index is 6.44. The van der Waals surface area contributed by atoms with Crippen LogP contribution in [0.15, 0.2) is 64.0 Å². The molecule has 1 atom stereocenters. The summed E-state index contributed by atoms with van der Waals surface area (Å²) >= 11 is 0. The van der Waals surface area contributed by atoms with Gasteiger partial charge in [0.25, 0.3) is 0 Å². The largest absolute Gasteiger partial charge is 0.421 e. The lowest BCUT2D eigenvalue weighted by Crippen LogP contribution is -2.35. The molecule has 3 rings (SSSR count). The highest BCUT2D eigenvalue weighted by atomic mass is 16.4. The first-order valence-corrected chi connectivity index (χ1v) is 8.42. The second-order valence-corrected chi connectivity index (χ2v) is 6.58. The van der Waals surface area contributed by atoms with Gasteiger partial charge in [-0.25, -0.2) is 0 Å². The van der Waals surface area contributed by atoms with Gasteiger partial charge in [0.2, 0.25) is 11.8 Å². The molecule has 0 aliphatic heterocycles. The van der Waals surface area contributed by atoms with Gasteiger partial charge in [0.1, 0.15) is 0 Å². The predicted octanol–water partition coefficient (Wildman–Crippen LogP) is 3.45. The molecule has 0 aliphatic carbocycles. The second kappa shape index (κ2) is 7.49. The molecule has 6 heteroatoms. The molecule has 0 aliphatic rings. The van der Waals surface area contributed by atoms with E-state index in [2.05, 4.69) is 21.9 Å². The van der Waals surface area contributed by atoms with Crippen LogP contribution in [0.1, 0.15) is 24.3 Å². The zero-order chi connectivity index (χ0) is 18.6. The fourth-order valence-electron chi connectivity index (χ4n) is 2.85. The van der Waals surface area contributed by atoms with E-state index in [1.165, 1.54) is 0 Å². The van der Waals surface area contributed by atoms with E-state index in [1.54, 1.807) is 0 Å². The first-order valence-electron chi connectivity index (χ1n) is 8.42. The summed E-state index contributed by atoms with van der Waals surface area (Å²) < 4.78 is 5.85. The summed E-state index contributed by atoms with van der Waals surface area (Å²) in [5.41, 5.74) is 8.59. The fraction of sp³-hybridized carbons (Fsp3) is 0.250. The van der Waals surface area contributed by atoms with Gasteiger partial charge < -0.3 is 15.1 Å². The quantitative estimate of drug-likeness (QED) is 0.661. The van der Waals surface area contributed by atoms with Crippen LogP contribution < -0.4 is 10.6 Å². The Morgan fingerprint density at radius 1 is 1.12 bits per heavy atom. The monoisotopic (exact) mass is 349 g/mol. The van der Waals surface area contributed by atoms with E-state index in [0.29, 0.717) is 24.7 Å². The average molecular weight is 349 g/mol. The number of anilines is 1. The molecular weight excluding hydrogens is 326 g/mol. The highest BCUT2D eigenvalue weighted by Gasteiger charge is 2.28. The van der Waals surface area contributed by atoms with Crippen molar-refractivity contribution in [3.63, 3.8) is 0 Å². The van der Waals surface area contributed by atoms with Gasteiger partial charge >= 0.3 is 0 Å². The van der Waals surface area contributed by atoms with Crippen molar-refractivity contribution in [2.75, 3.05) is 11.9 Å². The SMILES string of the molecule is C=Nc1ccccc1N(C)Cc1nnc([C@](C)(N)Cc2ccccc2)o1. The number of rotatable bonds is 7. The lowest BCUT2D eigenvalue weighted by molar-refractivity contribution is 0.336. The summed E-state index contributed by atoms with van der Waals surface area (Å²) in [6, 6.07) is 17.8. The third-order valence-electron chi connectivity index (χ3n) is 4.21. The standard InChI is InChI=1S/C20H23N5O/c1-20(21,13-15-9-5-4-6-10-15)19-24-23-18(26-19)14-25(3)17-12-8-7-11-16(17)22-2/h4-12H,2,13-14,21H2,1,3H3/t20-/m1/s1. The summed E-state index contributed by atoms with van der Waals surface area (Å²) in [6.07, 6.45) is 0.620. The van der Waals surface area contributed by atoms with Crippen LogP contribution in [0.3, 0.4) is 0 Å². The zero-order valence-electron chi connectivity index (χ0n) is 15.1. The van der Waals surface area contributed by atoms with E-state index in [9.17, 15) is 0 Å². The number of para-hydroxylation sites is 2. The molecule has 2 aromatic carbocycles. The Kier molecular flexibility index (Phi) is 5.14. The molecule has 0 spiro atoms. The topological polar surface area (TPSA) is 80.5 Å². The maximum Gasteiger partial charge on any atom is 0.236 e. The van der Waals surface area contributed by atoms with Crippen molar-refractivity contribution in [3.8, 4) is 0 Å². The Bertz CT molecular complexity index is 873. The lowest BCUT2D eigenvalue weighted by Gasteiger charge is -2.21. The molecule has 0 bridgehead atoms. The van der Waals surface area contributed by atoms with Gasteiger partial charge in [0.15, 0.2) is 0 Å². The van der Waals surface area contributed by atoms with Gasteiger partial charge in [-0.1, -0.05) is 42.5 Å². The fourth-order valence-corrected chi connectivity index (χ4v) is 2.85. The predicted molar refractivity (Wildman–Crippen MR) is 104 cm³/mol. The summed E-state index contributed by atoms with van der Waals surface area (Å²) in [4.78, 5) is 6.04. The lowest BCUT2D eigenvalue weighted by atomic mass is 9.94. The molecule has 0 saturated carbocycles. The van der Waals surface area contributed by atoms with Crippen LogP contribution in [0, 0.1) is 0 Å².